The largest absolute Gasteiger partial charge is 0.298 e. The third-order valence-corrected chi connectivity index (χ3v) is 5.55. The lowest BCUT2D eigenvalue weighted by molar-refractivity contribution is 0.908. The van der Waals surface area contributed by atoms with Gasteiger partial charge in [0.15, 0.2) is 0 Å². The molecule has 5 aromatic heterocycles. The highest BCUT2D eigenvalue weighted by atomic mass is 15.3. The molecule has 7 nitrogen and oxygen atoms in total. The topological polar surface area (TPSA) is 74.3 Å². The van der Waals surface area contributed by atoms with Crippen molar-refractivity contribution in [1.82, 2.24) is 34.3 Å². The summed E-state index contributed by atoms with van der Waals surface area (Å²) in [5.74, 6) is 0.819. The molecule has 0 bridgehead atoms. The summed E-state index contributed by atoms with van der Waals surface area (Å²) in [6, 6.07) is 20.0. The summed E-state index contributed by atoms with van der Waals surface area (Å²) in [5, 5.41) is 5.58. The standard InChI is InChI=1S/C26H19N7/c1-18-5-8-22(15-29-18)32-17-24(23-4-2-3-12-28-23)31-26(32)19-6-9-21(10-7-19)33-25-16-27-13-11-20(25)14-30-33/h2-17H,1H3. The molecule has 0 fully saturated rings. The smallest absolute Gasteiger partial charge is 0.145 e. The van der Waals surface area contributed by atoms with Gasteiger partial charge in [-0.1, -0.05) is 6.07 Å². The van der Waals surface area contributed by atoms with Gasteiger partial charge in [-0.2, -0.15) is 5.10 Å². The number of aryl methyl sites for hydroxylation is 1. The number of fused-ring (bicyclic) bond motifs is 1. The van der Waals surface area contributed by atoms with Crippen LogP contribution in [0.25, 0.3) is 45.1 Å². The van der Waals surface area contributed by atoms with Gasteiger partial charge in [-0.05, 0) is 61.5 Å². The zero-order valence-corrected chi connectivity index (χ0v) is 17.9. The Morgan fingerprint density at radius 2 is 1.61 bits per heavy atom. The molecule has 0 saturated heterocycles. The Hall–Kier alpha value is -4.65. The molecule has 5 heterocycles. The van der Waals surface area contributed by atoms with E-state index in [0.29, 0.717) is 0 Å². The maximum atomic E-state index is 4.93. The summed E-state index contributed by atoms with van der Waals surface area (Å²) in [4.78, 5) is 18.1. The molecule has 0 radical (unpaired) electrons. The van der Waals surface area contributed by atoms with Crippen LogP contribution in [0, 0.1) is 6.92 Å². The Kier molecular flexibility index (Phi) is 4.51. The Morgan fingerprint density at radius 1 is 0.727 bits per heavy atom. The maximum Gasteiger partial charge on any atom is 0.145 e. The molecule has 0 N–H and O–H groups in total. The highest BCUT2D eigenvalue weighted by Crippen LogP contribution is 2.28. The normalized spacial score (nSPS) is 11.2. The first-order valence-corrected chi connectivity index (χ1v) is 10.6. The summed E-state index contributed by atoms with van der Waals surface area (Å²) < 4.78 is 3.94. The first-order chi connectivity index (χ1) is 16.3. The van der Waals surface area contributed by atoms with Gasteiger partial charge in [0.2, 0.25) is 0 Å². The number of imidazole rings is 1. The van der Waals surface area contributed by atoms with Crippen LogP contribution in [0.5, 0.6) is 0 Å². The lowest BCUT2D eigenvalue weighted by Crippen LogP contribution is -1.99. The molecule has 1 aromatic carbocycles. The minimum absolute atomic E-state index is 0.805. The molecule has 0 atom stereocenters. The van der Waals surface area contributed by atoms with E-state index >= 15 is 0 Å². The minimum Gasteiger partial charge on any atom is -0.298 e. The van der Waals surface area contributed by atoms with E-state index in [2.05, 4.69) is 36.8 Å². The van der Waals surface area contributed by atoms with Gasteiger partial charge < -0.3 is 0 Å². The van der Waals surface area contributed by atoms with Crippen LogP contribution in [0.2, 0.25) is 0 Å². The van der Waals surface area contributed by atoms with Crippen LogP contribution < -0.4 is 0 Å². The summed E-state index contributed by atoms with van der Waals surface area (Å²) >= 11 is 0. The van der Waals surface area contributed by atoms with Gasteiger partial charge in [0.05, 0.1) is 41.2 Å². The molecular formula is C26H19N7. The van der Waals surface area contributed by atoms with Crippen molar-refractivity contribution in [3.05, 3.63) is 104 Å². The van der Waals surface area contributed by atoms with Crippen LogP contribution in [0.15, 0.2) is 97.8 Å². The van der Waals surface area contributed by atoms with Crippen molar-refractivity contribution in [2.75, 3.05) is 0 Å². The monoisotopic (exact) mass is 429 g/mol. The molecule has 6 rings (SSSR count). The van der Waals surface area contributed by atoms with E-state index in [0.717, 1.165) is 50.7 Å². The molecule has 0 saturated carbocycles. The van der Waals surface area contributed by atoms with E-state index in [1.54, 1.807) is 12.4 Å². The van der Waals surface area contributed by atoms with E-state index in [4.69, 9.17) is 4.98 Å². The van der Waals surface area contributed by atoms with E-state index in [9.17, 15) is 0 Å². The molecule has 158 valence electrons. The van der Waals surface area contributed by atoms with Crippen LogP contribution in [0.1, 0.15) is 5.69 Å². The third kappa shape index (κ3) is 3.45. The fraction of sp³-hybridized carbons (Fsp3) is 0.0385. The Balaban J connectivity index is 1.45. The van der Waals surface area contributed by atoms with Crippen molar-refractivity contribution in [3.8, 4) is 34.2 Å². The van der Waals surface area contributed by atoms with Crippen molar-refractivity contribution in [2.45, 2.75) is 6.92 Å². The lowest BCUT2D eigenvalue weighted by atomic mass is 10.2. The van der Waals surface area contributed by atoms with Crippen LogP contribution in [-0.2, 0) is 0 Å². The Labute approximate surface area is 190 Å². The quantitative estimate of drug-likeness (QED) is 0.393. The van der Waals surface area contributed by atoms with Crippen molar-refractivity contribution in [3.63, 3.8) is 0 Å². The molecular weight excluding hydrogens is 410 g/mol. The predicted molar refractivity (Wildman–Crippen MR) is 127 cm³/mol. The number of nitrogens with zero attached hydrogens (tertiary/aromatic N) is 7. The van der Waals surface area contributed by atoms with Crippen molar-refractivity contribution in [2.24, 2.45) is 0 Å². The molecule has 7 heteroatoms. The number of pyridine rings is 3. The van der Waals surface area contributed by atoms with Gasteiger partial charge in [0.25, 0.3) is 0 Å². The average Bonchev–Trinajstić information content (AvgIpc) is 3.50. The zero-order chi connectivity index (χ0) is 22.2. The number of hydrogen-bond acceptors (Lipinski definition) is 5. The molecule has 33 heavy (non-hydrogen) atoms. The number of aromatic nitrogens is 7. The van der Waals surface area contributed by atoms with Crippen LogP contribution >= 0.6 is 0 Å². The predicted octanol–water partition coefficient (Wildman–Crippen LogP) is 5.04. The Bertz CT molecular complexity index is 1550. The second-order valence-electron chi connectivity index (χ2n) is 7.73. The lowest BCUT2D eigenvalue weighted by Gasteiger charge is -2.09. The molecule has 0 unspecified atom stereocenters. The molecule has 0 spiro atoms. The summed E-state index contributed by atoms with van der Waals surface area (Å²) in [7, 11) is 0. The highest BCUT2D eigenvalue weighted by molar-refractivity contribution is 5.79. The van der Waals surface area contributed by atoms with Gasteiger partial charge in [0.1, 0.15) is 11.5 Å². The summed E-state index contributed by atoms with van der Waals surface area (Å²) in [6.07, 6.45) is 11.1. The second-order valence-corrected chi connectivity index (χ2v) is 7.73. The first kappa shape index (κ1) is 19.1. The summed E-state index contributed by atoms with van der Waals surface area (Å²) in [6.45, 7) is 1.98. The molecule has 0 aliphatic heterocycles. The number of hydrogen-bond donors (Lipinski definition) is 0. The van der Waals surface area contributed by atoms with E-state index in [1.807, 2.05) is 84.9 Å². The number of rotatable bonds is 4. The van der Waals surface area contributed by atoms with Crippen molar-refractivity contribution < 1.29 is 0 Å². The molecule has 6 aromatic rings. The van der Waals surface area contributed by atoms with Crippen LogP contribution in [0.4, 0.5) is 0 Å². The van der Waals surface area contributed by atoms with Crippen LogP contribution in [0.3, 0.4) is 0 Å². The van der Waals surface area contributed by atoms with Crippen molar-refractivity contribution >= 4 is 10.9 Å². The fourth-order valence-corrected chi connectivity index (χ4v) is 3.84. The molecule has 0 amide bonds. The fourth-order valence-electron chi connectivity index (χ4n) is 3.84. The molecule has 0 aliphatic carbocycles. The molecule has 0 aliphatic rings. The summed E-state index contributed by atoms with van der Waals surface area (Å²) in [5.41, 5.74) is 6.45. The van der Waals surface area contributed by atoms with Gasteiger partial charge in [-0.3, -0.25) is 19.5 Å². The SMILES string of the molecule is Cc1ccc(-n2cc(-c3ccccn3)nc2-c2ccc(-n3ncc4ccncc43)cc2)cn1. The highest BCUT2D eigenvalue weighted by Gasteiger charge is 2.15. The van der Waals surface area contributed by atoms with Gasteiger partial charge >= 0.3 is 0 Å². The number of benzene rings is 1. The zero-order valence-electron chi connectivity index (χ0n) is 17.9. The third-order valence-electron chi connectivity index (χ3n) is 5.55. The maximum absolute atomic E-state index is 4.93. The van der Waals surface area contributed by atoms with Gasteiger partial charge in [-0.15, -0.1) is 0 Å². The minimum atomic E-state index is 0.805. The van der Waals surface area contributed by atoms with Gasteiger partial charge in [-0.25, -0.2) is 9.67 Å². The van der Waals surface area contributed by atoms with Gasteiger partial charge in [0, 0.05) is 35.2 Å². The Morgan fingerprint density at radius 3 is 2.39 bits per heavy atom. The van der Waals surface area contributed by atoms with E-state index < -0.39 is 0 Å². The second kappa shape index (κ2) is 7.80. The van der Waals surface area contributed by atoms with E-state index in [1.165, 1.54) is 0 Å². The van der Waals surface area contributed by atoms with E-state index in [-0.39, 0.29) is 0 Å². The first-order valence-electron chi connectivity index (χ1n) is 10.6. The van der Waals surface area contributed by atoms with Crippen LogP contribution in [-0.4, -0.2) is 34.3 Å². The van der Waals surface area contributed by atoms with Crippen molar-refractivity contribution in [1.29, 1.82) is 0 Å². The average molecular weight is 429 g/mol.